The van der Waals surface area contributed by atoms with E-state index in [4.69, 9.17) is 14.3 Å². The van der Waals surface area contributed by atoms with Crippen molar-refractivity contribution in [3.8, 4) is 11.5 Å². The van der Waals surface area contributed by atoms with Crippen molar-refractivity contribution >= 4 is 0 Å². The lowest BCUT2D eigenvalue weighted by atomic mass is 10.2. The zero-order valence-electron chi connectivity index (χ0n) is 11.1. The van der Waals surface area contributed by atoms with Crippen molar-refractivity contribution in [3.05, 3.63) is 36.2 Å². The van der Waals surface area contributed by atoms with E-state index in [0.29, 0.717) is 31.5 Å². The summed E-state index contributed by atoms with van der Waals surface area (Å²) in [6.45, 7) is 2.72. The predicted molar refractivity (Wildman–Crippen MR) is 71.8 cm³/mol. The molecule has 1 aromatic carbocycles. The normalized spacial score (nSPS) is 20.1. The maximum absolute atomic E-state index is 9.12. The van der Waals surface area contributed by atoms with E-state index < -0.39 is 0 Å². The van der Waals surface area contributed by atoms with E-state index in [2.05, 4.69) is 15.1 Å². The molecular weight excluding hydrogens is 258 g/mol. The maximum Gasteiger partial charge on any atom is 0.247 e. The van der Waals surface area contributed by atoms with Gasteiger partial charge in [-0.3, -0.25) is 4.90 Å². The Labute approximate surface area is 117 Å². The lowest BCUT2D eigenvalue weighted by molar-refractivity contribution is -0.0568. The van der Waals surface area contributed by atoms with Crippen LogP contribution in [0.4, 0.5) is 0 Å². The molecule has 6 nitrogen and oxygen atoms in total. The first-order valence-corrected chi connectivity index (χ1v) is 6.68. The summed E-state index contributed by atoms with van der Waals surface area (Å²) in [5, 5.41) is 17.3. The number of hydrogen-bond acceptors (Lipinski definition) is 6. The molecule has 0 spiro atoms. The Bertz CT molecular complexity index is 544. The maximum atomic E-state index is 9.12. The first-order chi connectivity index (χ1) is 9.85. The number of rotatable bonds is 4. The average Bonchev–Trinajstić information content (AvgIpc) is 2.97. The van der Waals surface area contributed by atoms with Gasteiger partial charge < -0.3 is 14.3 Å². The molecule has 1 fully saturated rings. The van der Waals surface area contributed by atoms with Crippen molar-refractivity contribution in [3.63, 3.8) is 0 Å². The number of morpholine rings is 1. The van der Waals surface area contributed by atoms with Gasteiger partial charge in [0.1, 0.15) is 0 Å². The van der Waals surface area contributed by atoms with Crippen LogP contribution in [0, 0.1) is 0 Å². The Morgan fingerprint density at radius 3 is 2.90 bits per heavy atom. The number of nitrogens with zero attached hydrogens (tertiary/aromatic N) is 3. The summed E-state index contributed by atoms with van der Waals surface area (Å²) in [7, 11) is 0. The van der Waals surface area contributed by atoms with Gasteiger partial charge in [-0.1, -0.05) is 18.2 Å². The van der Waals surface area contributed by atoms with Crippen LogP contribution in [-0.2, 0) is 11.3 Å². The van der Waals surface area contributed by atoms with Crippen molar-refractivity contribution < 1.29 is 14.3 Å². The number of ether oxygens (including phenoxy) is 1. The third kappa shape index (κ3) is 3.04. The summed E-state index contributed by atoms with van der Waals surface area (Å²) in [4.78, 5) is 2.15. The van der Waals surface area contributed by atoms with Crippen molar-refractivity contribution in [2.24, 2.45) is 0 Å². The van der Waals surface area contributed by atoms with Gasteiger partial charge in [0.25, 0.3) is 0 Å². The molecule has 1 N–H and O–H groups in total. The molecule has 1 aromatic heterocycles. The fraction of sp³-hybridized carbons (Fsp3) is 0.429. The third-order valence-electron chi connectivity index (χ3n) is 3.27. The van der Waals surface area contributed by atoms with Crippen LogP contribution in [0.5, 0.6) is 0 Å². The molecule has 6 heteroatoms. The summed E-state index contributed by atoms with van der Waals surface area (Å²) in [6, 6.07) is 9.70. The van der Waals surface area contributed by atoms with Gasteiger partial charge in [-0.2, -0.15) is 0 Å². The molecule has 20 heavy (non-hydrogen) atoms. The highest BCUT2D eigenvalue weighted by Gasteiger charge is 2.21. The molecule has 3 rings (SSSR count). The van der Waals surface area contributed by atoms with Gasteiger partial charge in [0.15, 0.2) is 0 Å². The van der Waals surface area contributed by atoms with Crippen LogP contribution in [0.1, 0.15) is 5.89 Å². The number of aromatic nitrogens is 2. The molecule has 1 saturated heterocycles. The van der Waals surface area contributed by atoms with Crippen LogP contribution in [0.25, 0.3) is 11.5 Å². The zero-order chi connectivity index (χ0) is 13.8. The van der Waals surface area contributed by atoms with Crippen LogP contribution >= 0.6 is 0 Å². The van der Waals surface area contributed by atoms with E-state index in [0.717, 1.165) is 12.1 Å². The molecule has 1 atom stereocenters. The monoisotopic (exact) mass is 275 g/mol. The van der Waals surface area contributed by atoms with E-state index in [-0.39, 0.29) is 12.7 Å². The van der Waals surface area contributed by atoms with Crippen LogP contribution < -0.4 is 0 Å². The highest BCUT2D eigenvalue weighted by atomic mass is 16.5. The topological polar surface area (TPSA) is 71.6 Å². The van der Waals surface area contributed by atoms with Gasteiger partial charge in [-0.25, -0.2) is 0 Å². The summed E-state index contributed by atoms with van der Waals surface area (Å²) in [6.07, 6.45) is -0.125. The Hall–Kier alpha value is -1.76. The molecule has 1 aliphatic rings. The number of aliphatic hydroxyl groups is 1. The second kappa shape index (κ2) is 6.13. The molecule has 0 saturated carbocycles. The third-order valence-corrected chi connectivity index (χ3v) is 3.27. The SMILES string of the molecule is OCC1CN(Cc2nnc(-c3ccccc3)o2)CCO1. The Balaban J connectivity index is 1.65. The molecule has 106 valence electrons. The molecule has 2 aromatic rings. The quantitative estimate of drug-likeness (QED) is 0.895. The minimum absolute atomic E-state index is 0.0373. The number of hydrogen-bond donors (Lipinski definition) is 1. The fourth-order valence-corrected chi connectivity index (χ4v) is 2.24. The Kier molecular flexibility index (Phi) is 4.05. The predicted octanol–water partition coefficient (Wildman–Crippen LogP) is 0.930. The lowest BCUT2D eigenvalue weighted by Crippen LogP contribution is -2.43. The van der Waals surface area contributed by atoms with E-state index in [1.807, 2.05) is 30.3 Å². The fourth-order valence-electron chi connectivity index (χ4n) is 2.24. The standard InChI is InChI=1S/C14H17N3O3/c18-10-12-8-17(6-7-19-12)9-13-15-16-14(20-13)11-4-2-1-3-5-11/h1-5,12,18H,6-10H2. The van der Waals surface area contributed by atoms with Gasteiger partial charge in [0.2, 0.25) is 11.8 Å². The van der Waals surface area contributed by atoms with Crippen molar-refractivity contribution in [2.75, 3.05) is 26.3 Å². The van der Waals surface area contributed by atoms with Gasteiger partial charge in [0.05, 0.1) is 25.9 Å². The lowest BCUT2D eigenvalue weighted by Gasteiger charge is -2.30. The first-order valence-electron chi connectivity index (χ1n) is 6.68. The van der Waals surface area contributed by atoms with Crippen molar-refractivity contribution in [1.82, 2.24) is 15.1 Å². The van der Waals surface area contributed by atoms with Gasteiger partial charge in [0, 0.05) is 18.7 Å². The van der Waals surface area contributed by atoms with Crippen LogP contribution in [0.3, 0.4) is 0 Å². The summed E-state index contributed by atoms with van der Waals surface area (Å²) < 4.78 is 11.1. The Morgan fingerprint density at radius 1 is 1.25 bits per heavy atom. The molecule has 1 unspecified atom stereocenters. The highest BCUT2D eigenvalue weighted by molar-refractivity contribution is 5.51. The largest absolute Gasteiger partial charge is 0.419 e. The second-order valence-electron chi connectivity index (χ2n) is 4.78. The number of aliphatic hydroxyl groups excluding tert-OH is 1. The minimum atomic E-state index is -0.125. The zero-order valence-corrected chi connectivity index (χ0v) is 11.1. The molecule has 0 bridgehead atoms. The molecule has 2 heterocycles. The summed E-state index contributed by atoms with van der Waals surface area (Å²) in [5.41, 5.74) is 0.918. The highest BCUT2D eigenvalue weighted by Crippen LogP contribution is 2.18. The van der Waals surface area contributed by atoms with E-state index in [9.17, 15) is 0 Å². The molecule has 1 aliphatic heterocycles. The minimum Gasteiger partial charge on any atom is -0.419 e. The Morgan fingerprint density at radius 2 is 2.10 bits per heavy atom. The summed E-state index contributed by atoms with van der Waals surface area (Å²) in [5.74, 6) is 1.12. The summed E-state index contributed by atoms with van der Waals surface area (Å²) >= 11 is 0. The number of benzene rings is 1. The molecular formula is C14H17N3O3. The van der Waals surface area contributed by atoms with E-state index in [1.165, 1.54) is 0 Å². The van der Waals surface area contributed by atoms with E-state index >= 15 is 0 Å². The van der Waals surface area contributed by atoms with Gasteiger partial charge in [-0.15, -0.1) is 10.2 Å². The van der Waals surface area contributed by atoms with Crippen LogP contribution in [0.2, 0.25) is 0 Å². The van der Waals surface area contributed by atoms with E-state index in [1.54, 1.807) is 0 Å². The smallest absolute Gasteiger partial charge is 0.247 e. The molecule has 0 aliphatic carbocycles. The van der Waals surface area contributed by atoms with Crippen molar-refractivity contribution in [2.45, 2.75) is 12.6 Å². The van der Waals surface area contributed by atoms with Gasteiger partial charge >= 0.3 is 0 Å². The van der Waals surface area contributed by atoms with Gasteiger partial charge in [-0.05, 0) is 12.1 Å². The van der Waals surface area contributed by atoms with Crippen molar-refractivity contribution in [1.29, 1.82) is 0 Å². The first kappa shape index (κ1) is 13.2. The molecule has 0 amide bonds. The van der Waals surface area contributed by atoms with Crippen LogP contribution in [0.15, 0.2) is 34.7 Å². The molecule has 0 radical (unpaired) electrons. The second-order valence-corrected chi connectivity index (χ2v) is 4.78. The van der Waals surface area contributed by atoms with Crippen LogP contribution in [-0.4, -0.2) is 52.6 Å². The average molecular weight is 275 g/mol.